The number of nitrogens with zero attached hydrogens (tertiary/aromatic N) is 5. The number of nitrogens with two attached hydrogens (primary N) is 1. The van der Waals surface area contributed by atoms with Crippen LogP contribution < -0.4 is 16.0 Å². The number of aromatic nitrogens is 3. The first-order valence-electron chi connectivity index (χ1n) is 10.9. The van der Waals surface area contributed by atoms with Crippen LogP contribution in [0.15, 0.2) is 36.8 Å². The third kappa shape index (κ3) is 4.25. The molecule has 1 unspecified atom stereocenters. The van der Waals surface area contributed by atoms with Crippen molar-refractivity contribution in [1.29, 1.82) is 5.26 Å². The first kappa shape index (κ1) is 22.3. The van der Waals surface area contributed by atoms with Gasteiger partial charge < -0.3 is 19.6 Å². The van der Waals surface area contributed by atoms with E-state index in [-0.39, 0.29) is 11.9 Å². The number of hydrogen-bond acceptors (Lipinski definition) is 7. The molecule has 3 N–H and O–H groups in total. The Morgan fingerprint density at radius 1 is 1.33 bits per heavy atom. The molecule has 0 fully saturated rings. The van der Waals surface area contributed by atoms with Gasteiger partial charge in [0.05, 0.1) is 24.0 Å². The van der Waals surface area contributed by atoms with Gasteiger partial charge in [-0.05, 0) is 50.5 Å². The number of amides is 1. The second-order valence-corrected chi connectivity index (χ2v) is 7.99. The smallest absolute Gasteiger partial charge is 0.254 e. The van der Waals surface area contributed by atoms with E-state index in [1.165, 1.54) is 6.20 Å². The van der Waals surface area contributed by atoms with Gasteiger partial charge in [-0.2, -0.15) is 5.26 Å². The van der Waals surface area contributed by atoms with E-state index in [2.05, 4.69) is 21.5 Å². The number of carbonyl (C=O) groups is 1. The molecule has 1 aliphatic rings. The number of fused-ring (bicyclic) bond motifs is 1. The fraction of sp³-hybridized carbons (Fsp3) is 0.333. The number of aryl methyl sites for hydroxylation is 1. The van der Waals surface area contributed by atoms with Crippen molar-refractivity contribution in [3.63, 3.8) is 0 Å². The molecule has 0 bridgehead atoms. The monoisotopic (exact) mass is 445 g/mol. The Balaban J connectivity index is 1.66. The van der Waals surface area contributed by atoms with Gasteiger partial charge in [-0.15, -0.1) is 0 Å². The van der Waals surface area contributed by atoms with Crippen LogP contribution in [0.2, 0.25) is 0 Å². The molecule has 3 aromatic rings. The van der Waals surface area contributed by atoms with Crippen LogP contribution in [-0.2, 0) is 13.0 Å². The maximum atomic E-state index is 13.6. The molecule has 0 radical (unpaired) electrons. The molecule has 0 saturated heterocycles. The van der Waals surface area contributed by atoms with Crippen molar-refractivity contribution in [1.82, 2.24) is 19.4 Å². The lowest BCUT2D eigenvalue weighted by molar-refractivity contribution is 0.0669. The van der Waals surface area contributed by atoms with E-state index in [1.807, 2.05) is 43.7 Å². The zero-order chi connectivity index (χ0) is 23.5. The summed E-state index contributed by atoms with van der Waals surface area (Å²) in [5, 5.41) is 9.30. The van der Waals surface area contributed by atoms with Crippen molar-refractivity contribution in [3.05, 3.63) is 70.6 Å². The van der Waals surface area contributed by atoms with Crippen molar-refractivity contribution in [3.8, 4) is 11.8 Å². The van der Waals surface area contributed by atoms with Gasteiger partial charge in [0.15, 0.2) is 0 Å². The Morgan fingerprint density at radius 3 is 2.82 bits per heavy atom. The molecule has 9 nitrogen and oxygen atoms in total. The summed E-state index contributed by atoms with van der Waals surface area (Å²) in [6.07, 6.45) is 5.84. The van der Waals surface area contributed by atoms with Crippen LogP contribution in [0.5, 0.6) is 5.75 Å². The van der Waals surface area contributed by atoms with Crippen molar-refractivity contribution in [2.75, 3.05) is 18.6 Å². The molecular weight excluding hydrogens is 418 g/mol. The first-order chi connectivity index (χ1) is 16.0. The molecule has 2 aromatic heterocycles. The van der Waals surface area contributed by atoms with Gasteiger partial charge in [-0.25, -0.2) is 4.98 Å². The average Bonchev–Trinajstić information content (AvgIpc) is 3.23. The number of hydrazine groups is 1. The number of nitriles is 1. The molecular formula is C24H27N7O2. The SMILES string of the molecule is CCOc1cc(C(C)N2CCc3c(NN)cc(Cn4ccnc4C)cc3C2=O)ncc1C#N. The van der Waals surface area contributed by atoms with Gasteiger partial charge in [0.1, 0.15) is 23.2 Å². The third-order valence-electron chi connectivity index (χ3n) is 6.04. The zero-order valence-corrected chi connectivity index (χ0v) is 19.0. The number of anilines is 1. The lowest BCUT2D eigenvalue weighted by Crippen LogP contribution is -2.40. The molecule has 1 atom stereocenters. The molecule has 0 spiro atoms. The summed E-state index contributed by atoms with van der Waals surface area (Å²) in [6.45, 7) is 7.31. The molecule has 9 heteroatoms. The van der Waals surface area contributed by atoms with Crippen LogP contribution in [0.1, 0.15) is 58.5 Å². The maximum absolute atomic E-state index is 13.6. The van der Waals surface area contributed by atoms with E-state index in [1.54, 1.807) is 17.2 Å². The molecule has 1 aromatic carbocycles. The third-order valence-corrected chi connectivity index (χ3v) is 6.04. The average molecular weight is 446 g/mol. The lowest BCUT2D eigenvalue weighted by Gasteiger charge is -2.34. The van der Waals surface area contributed by atoms with E-state index in [0.29, 0.717) is 48.7 Å². The molecule has 1 amide bonds. The van der Waals surface area contributed by atoms with E-state index in [9.17, 15) is 10.1 Å². The molecule has 0 saturated carbocycles. The summed E-state index contributed by atoms with van der Waals surface area (Å²) in [5.74, 6) is 7.11. The number of carbonyl (C=O) groups excluding carboxylic acids is 1. The standard InChI is InChI=1S/C24H27N7O2/c1-4-33-23-11-21(28-13-18(23)12-25)15(2)31-7-5-19-20(24(31)32)9-17(10-22(19)29-26)14-30-8-6-27-16(30)3/h6,8-11,13,15,29H,4-5,7,14,26H2,1-3H3. The highest BCUT2D eigenvalue weighted by molar-refractivity contribution is 5.98. The van der Waals surface area contributed by atoms with Crippen LogP contribution in [-0.4, -0.2) is 38.5 Å². The Hall–Kier alpha value is -3.90. The van der Waals surface area contributed by atoms with E-state index in [0.717, 1.165) is 22.6 Å². The highest BCUT2D eigenvalue weighted by Gasteiger charge is 2.31. The Bertz CT molecular complexity index is 1230. The summed E-state index contributed by atoms with van der Waals surface area (Å²) in [7, 11) is 0. The molecule has 33 heavy (non-hydrogen) atoms. The van der Waals surface area contributed by atoms with Crippen LogP contribution in [0.3, 0.4) is 0 Å². The second kappa shape index (κ2) is 9.30. The molecule has 0 aliphatic carbocycles. The van der Waals surface area contributed by atoms with E-state index in [4.69, 9.17) is 10.6 Å². The maximum Gasteiger partial charge on any atom is 0.254 e. The fourth-order valence-corrected chi connectivity index (χ4v) is 4.24. The molecule has 4 rings (SSSR count). The number of pyridine rings is 1. The minimum atomic E-state index is -0.286. The summed E-state index contributed by atoms with van der Waals surface area (Å²) < 4.78 is 7.62. The number of nitrogens with one attached hydrogen (secondary N) is 1. The van der Waals surface area contributed by atoms with E-state index < -0.39 is 0 Å². The largest absolute Gasteiger partial charge is 0.492 e. The number of benzene rings is 1. The van der Waals surface area contributed by atoms with Gasteiger partial charge in [0.2, 0.25) is 0 Å². The van der Waals surface area contributed by atoms with Crippen molar-refractivity contribution in [2.45, 2.75) is 39.8 Å². The minimum Gasteiger partial charge on any atom is -0.492 e. The molecule has 1 aliphatic heterocycles. The number of imidazole rings is 1. The quantitative estimate of drug-likeness (QED) is 0.423. The zero-order valence-electron chi connectivity index (χ0n) is 19.0. The summed E-state index contributed by atoms with van der Waals surface area (Å²) in [4.78, 5) is 24.1. The van der Waals surface area contributed by atoms with Gasteiger partial charge in [-0.3, -0.25) is 15.6 Å². The van der Waals surface area contributed by atoms with Crippen molar-refractivity contribution < 1.29 is 9.53 Å². The van der Waals surface area contributed by atoms with Gasteiger partial charge in [-0.1, -0.05) is 0 Å². The predicted molar refractivity (Wildman–Crippen MR) is 124 cm³/mol. The Morgan fingerprint density at radius 2 is 2.15 bits per heavy atom. The normalized spacial score (nSPS) is 13.9. The van der Waals surface area contributed by atoms with Crippen LogP contribution in [0, 0.1) is 18.3 Å². The predicted octanol–water partition coefficient (Wildman–Crippen LogP) is 2.95. The van der Waals surface area contributed by atoms with Crippen LogP contribution in [0.25, 0.3) is 0 Å². The number of hydrogen-bond donors (Lipinski definition) is 2. The van der Waals surface area contributed by atoms with Crippen molar-refractivity contribution in [2.24, 2.45) is 5.84 Å². The highest BCUT2D eigenvalue weighted by Crippen LogP contribution is 2.33. The topological polar surface area (TPSA) is 122 Å². The lowest BCUT2D eigenvalue weighted by atomic mass is 9.93. The van der Waals surface area contributed by atoms with Crippen LogP contribution in [0.4, 0.5) is 5.69 Å². The summed E-state index contributed by atoms with van der Waals surface area (Å²) >= 11 is 0. The fourth-order valence-electron chi connectivity index (χ4n) is 4.24. The highest BCUT2D eigenvalue weighted by atomic mass is 16.5. The van der Waals surface area contributed by atoms with E-state index >= 15 is 0 Å². The Labute approximate surface area is 192 Å². The summed E-state index contributed by atoms with van der Waals surface area (Å²) in [5.41, 5.74) is 7.09. The van der Waals surface area contributed by atoms with Gasteiger partial charge >= 0.3 is 0 Å². The summed E-state index contributed by atoms with van der Waals surface area (Å²) in [6, 6.07) is 7.49. The number of nitrogen functional groups attached to an aromatic ring is 1. The van der Waals surface area contributed by atoms with Crippen LogP contribution >= 0.6 is 0 Å². The Kier molecular flexibility index (Phi) is 6.29. The van der Waals surface area contributed by atoms with Crippen molar-refractivity contribution >= 4 is 11.6 Å². The number of rotatable bonds is 7. The minimum absolute atomic E-state index is 0.0754. The molecule has 170 valence electrons. The van der Waals surface area contributed by atoms with Gasteiger partial charge in [0.25, 0.3) is 5.91 Å². The second-order valence-electron chi connectivity index (χ2n) is 7.99. The first-order valence-corrected chi connectivity index (χ1v) is 10.9. The van der Waals surface area contributed by atoms with Gasteiger partial charge in [0, 0.05) is 43.3 Å². The number of ether oxygens (including phenoxy) is 1. The molecule has 3 heterocycles.